The molecule has 1 aromatic carbocycles. The number of ketones is 1. The monoisotopic (exact) mass is 212 g/mol. The molecule has 80 valence electrons. The summed E-state index contributed by atoms with van der Waals surface area (Å²) in [5.74, 6) is 0.0273. The van der Waals surface area contributed by atoms with Crippen LogP contribution in [0.25, 0.3) is 10.9 Å². The van der Waals surface area contributed by atoms with Gasteiger partial charge >= 0.3 is 0 Å². The van der Waals surface area contributed by atoms with Gasteiger partial charge in [-0.05, 0) is 25.0 Å². The Balaban J connectivity index is 2.27. The highest BCUT2D eigenvalue weighted by molar-refractivity contribution is 6.04. The highest BCUT2D eigenvalue weighted by atomic mass is 16.1. The minimum Gasteiger partial charge on any atom is -0.321 e. The van der Waals surface area contributed by atoms with Gasteiger partial charge in [0.05, 0.1) is 17.3 Å². The largest absolute Gasteiger partial charge is 0.321 e. The standard InChI is InChI=1S/C13H12N2O/c14-10-5-6-12-9(13(10)16)7-8-3-1-2-4-11(8)15-12/h1-4,7,10H,5-6,14H2. The number of hydrogen-bond acceptors (Lipinski definition) is 3. The summed E-state index contributed by atoms with van der Waals surface area (Å²) < 4.78 is 0. The number of aromatic nitrogens is 1. The lowest BCUT2D eigenvalue weighted by Gasteiger charge is -2.19. The Morgan fingerprint density at radius 3 is 3.00 bits per heavy atom. The van der Waals surface area contributed by atoms with E-state index >= 15 is 0 Å². The summed E-state index contributed by atoms with van der Waals surface area (Å²) in [6.07, 6.45) is 1.50. The van der Waals surface area contributed by atoms with Crippen molar-refractivity contribution < 1.29 is 4.79 Å². The van der Waals surface area contributed by atoms with Gasteiger partial charge in [0.25, 0.3) is 0 Å². The molecule has 0 amide bonds. The van der Waals surface area contributed by atoms with Crippen molar-refractivity contribution in [1.82, 2.24) is 4.98 Å². The zero-order chi connectivity index (χ0) is 11.1. The summed E-state index contributed by atoms with van der Waals surface area (Å²) in [4.78, 5) is 16.4. The number of nitrogens with two attached hydrogens (primary N) is 1. The number of hydrogen-bond donors (Lipinski definition) is 1. The lowest BCUT2D eigenvalue weighted by molar-refractivity contribution is 0.0947. The maximum atomic E-state index is 11.9. The minimum atomic E-state index is -0.351. The maximum absolute atomic E-state index is 11.9. The van der Waals surface area contributed by atoms with Crippen LogP contribution in [-0.2, 0) is 6.42 Å². The lowest BCUT2D eigenvalue weighted by atomic mass is 9.90. The maximum Gasteiger partial charge on any atom is 0.181 e. The third-order valence-electron chi connectivity index (χ3n) is 3.10. The zero-order valence-corrected chi connectivity index (χ0v) is 8.81. The molecular formula is C13H12N2O. The smallest absolute Gasteiger partial charge is 0.181 e. The van der Waals surface area contributed by atoms with E-state index in [0.29, 0.717) is 12.0 Å². The Bertz CT molecular complexity index is 577. The van der Waals surface area contributed by atoms with E-state index in [1.165, 1.54) is 0 Å². The van der Waals surface area contributed by atoms with Crippen molar-refractivity contribution in [2.45, 2.75) is 18.9 Å². The second-order valence-corrected chi connectivity index (χ2v) is 4.18. The number of pyridine rings is 1. The summed E-state index contributed by atoms with van der Waals surface area (Å²) in [5.41, 5.74) is 8.31. The molecule has 1 aliphatic carbocycles. The Labute approximate surface area is 93.3 Å². The van der Waals surface area contributed by atoms with Gasteiger partial charge in [0.2, 0.25) is 0 Å². The fourth-order valence-corrected chi connectivity index (χ4v) is 2.18. The summed E-state index contributed by atoms with van der Waals surface area (Å²) in [6, 6.07) is 9.40. The molecule has 1 aliphatic rings. The van der Waals surface area contributed by atoms with E-state index in [0.717, 1.165) is 23.0 Å². The average molecular weight is 212 g/mol. The number of nitrogens with zero attached hydrogens (tertiary/aromatic N) is 1. The Kier molecular flexibility index (Phi) is 2.01. The molecule has 0 radical (unpaired) electrons. The van der Waals surface area contributed by atoms with E-state index in [1.54, 1.807) is 0 Å². The van der Waals surface area contributed by atoms with Gasteiger partial charge in [0.1, 0.15) is 0 Å². The fraction of sp³-hybridized carbons (Fsp3) is 0.231. The molecule has 0 fully saturated rings. The van der Waals surface area contributed by atoms with Crippen LogP contribution in [0, 0.1) is 0 Å². The molecule has 3 rings (SSSR count). The molecular weight excluding hydrogens is 200 g/mol. The van der Waals surface area contributed by atoms with Crippen molar-refractivity contribution in [3.8, 4) is 0 Å². The van der Waals surface area contributed by atoms with Crippen LogP contribution < -0.4 is 5.73 Å². The molecule has 16 heavy (non-hydrogen) atoms. The predicted octanol–water partition coefficient (Wildman–Crippen LogP) is 1.69. The molecule has 1 heterocycles. The SMILES string of the molecule is NC1CCc2nc3ccccc3cc2C1=O. The Morgan fingerprint density at radius 1 is 1.31 bits per heavy atom. The number of carbonyl (C=O) groups is 1. The quantitative estimate of drug-likeness (QED) is 0.723. The van der Waals surface area contributed by atoms with Crippen LogP contribution in [0.4, 0.5) is 0 Å². The van der Waals surface area contributed by atoms with Gasteiger partial charge in [-0.2, -0.15) is 0 Å². The molecule has 1 aromatic heterocycles. The number of carbonyl (C=O) groups excluding carboxylic acids is 1. The summed E-state index contributed by atoms with van der Waals surface area (Å²) in [6.45, 7) is 0. The van der Waals surface area contributed by atoms with Crippen LogP contribution in [0.2, 0.25) is 0 Å². The average Bonchev–Trinajstić information content (AvgIpc) is 2.32. The summed E-state index contributed by atoms with van der Waals surface area (Å²) >= 11 is 0. The number of para-hydroxylation sites is 1. The van der Waals surface area contributed by atoms with E-state index in [9.17, 15) is 4.79 Å². The van der Waals surface area contributed by atoms with Crippen molar-refractivity contribution in [2.24, 2.45) is 5.73 Å². The number of rotatable bonds is 0. The van der Waals surface area contributed by atoms with E-state index < -0.39 is 0 Å². The first-order valence-corrected chi connectivity index (χ1v) is 5.44. The summed E-state index contributed by atoms with van der Waals surface area (Å²) in [5, 5.41) is 1.00. The molecule has 1 atom stereocenters. The van der Waals surface area contributed by atoms with E-state index in [4.69, 9.17) is 5.73 Å². The highest BCUT2D eigenvalue weighted by Crippen LogP contribution is 2.23. The lowest BCUT2D eigenvalue weighted by Crippen LogP contribution is -2.35. The third kappa shape index (κ3) is 1.32. The van der Waals surface area contributed by atoms with Crippen molar-refractivity contribution >= 4 is 16.7 Å². The molecule has 1 unspecified atom stereocenters. The number of fused-ring (bicyclic) bond motifs is 2. The van der Waals surface area contributed by atoms with Gasteiger partial charge in [0.15, 0.2) is 5.78 Å². The van der Waals surface area contributed by atoms with Crippen LogP contribution in [0.1, 0.15) is 22.5 Å². The van der Waals surface area contributed by atoms with Gasteiger partial charge in [0, 0.05) is 10.9 Å². The molecule has 3 nitrogen and oxygen atoms in total. The van der Waals surface area contributed by atoms with Crippen LogP contribution >= 0.6 is 0 Å². The Morgan fingerprint density at radius 2 is 2.12 bits per heavy atom. The van der Waals surface area contributed by atoms with Crippen LogP contribution in [0.15, 0.2) is 30.3 Å². The van der Waals surface area contributed by atoms with E-state index in [2.05, 4.69) is 4.98 Å². The van der Waals surface area contributed by atoms with Crippen molar-refractivity contribution in [3.63, 3.8) is 0 Å². The van der Waals surface area contributed by atoms with E-state index in [-0.39, 0.29) is 11.8 Å². The topological polar surface area (TPSA) is 56.0 Å². The van der Waals surface area contributed by atoms with Crippen LogP contribution in [-0.4, -0.2) is 16.8 Å². The van der Waals surface area contributed by atoms with Gasteiger partial charge in [-0.15, -0.1) is 0 Å². The number of Topliss-reactive ketones (excluding diaryl/α,β-unsaturated/α-hetero) is 1. The first kappa shape index (κ1) is 9.48. The van der Waals surface area contributed by atoms with Crippen molar-refractivity contribution in [2.75, 3.05) is 0 Å². The van der Waals surface area contributed by atoms with Gasteiger partial charge in [-0.25, -0.2) is 0 Å². The zero-order valence-electron chi connectivity index (χ0n) is 8.81. The number of aryl methyl sites for hydroxylation is 1. The predicted molar refractivity (Wildman–Crippen MR) is 62.4 cm³/mol. The molecule has 3 heteroatoms. The molecule has 0 aliphatic heterocycles. The van der Waals surface area contributed by atoms with Crippen LogP contribution in [0.5, 0.6) is 0 Å². The third-order valence-corrected chi connectivity index (χ3v) is 3.10. The summed E-state index contributed by atoms with van der Waals surface area (Å²) in [7, 11) is 0. The first-order chi connectivity index (χ1) is 7.75. The normalized spacial score (nSPS) is 19.8. The molecule has 0 bridgehead atoms. The second kappa shape index (κ2) is 3.39. The Hall–Kier alpha value is -1.74. The number of benzene rings is 1. The molecule has 0 spiro atoms. The molecule has 2 N–H and O–H groups in total. The molecule has 0 saturated carbocycles. The van der Waals surface area contributed by atoms with Gasteiger partial charge in [-0.3, -0.25) is 9.78 Å². The highest BCUT2D eigenvalue weighted by Gasteiger charge is 2.25. The van der Waals surface area contributed by atoms with E-state index in [1.807, 2.05) is 30.3 Å². The fourth-order valence-electron chi connectivity index (χ4n) is 2.18. The minimum absolute atomic E-state index is 0.0273. The molecule has 2 aromatic rings. The van der Waals surface area contributed by atoms with Crippen LogP contribution in [0.3, 0.4) is 0 Å². The van der Waals surface area contributed by atoms with Gasteiger partial charge < -0.3 is 5.73 Å². The van der Waals surface area contributed by atoms with Crippen molar-refractivity contribution in [1.29, 1.82) is 0 Å². The second-order valence-electron chi connectivity index (χ2n) is 4.18. The van der Waals surface area contributed by atoms with Crippen molar-refractivity contribution in [3.05, 3.63) is 41.6 Å². The molecule has 0 saturated heterocycles. The first-order valence-electron chi connectivity index (χ1n) is 5.44. The van der Waals surface area contributed by atoms with Gasteiger partial charge in [-0.1, -0.05) is 18.2 Å².